The average Bonchev–Trinajstić information content (AvgIpc) is 2.99. The summed E-state index contributed by atoms with van der Waals surface area (Å²) in [7, 11) is 0. The van der Waals surface area contributed by atoms with Crippen LogP contribution in [0.5, 0.6) is 0 Å². The van der Waals surface area contributed by atoms with E-state index < -0.39 is 0 Å². The summed E-state index contributed by atoms with van der Waals surface area (Å²) in [6.07, 6.45) is 4.02. The second-order valence-electron chi connectivity index (χ2n) is 6.03. The zero-order chi connectivity index (χ0) is 16.9. The standard InChI is InChI=1S/C16H21ClN4O2/c1-16(2,7-10-22)11-18-15(23)20-13-6-3-5-12(17)14(13)21-9-4-8-19-21/h3-6,8-9,22H,7,10-11H2,1-2H3,(H2,18,20,23). The van der Waals surface area contributed by atoms with E-state index in [9.17, 15) is 4.79 Å². The first kappa shape index (κ1) is 17.3. The number of aliphatic hydroxyl groups is 1. The summed E-state index contributed by atoms with van der Waals surface area (Å²) in [4.78, 5) is 12.1. The monoisotopic (exact) mass is 336 g/mol. The highest BCUT2D eigenvalue weighted by Crippen LogP contribution is 2.28. The fourth-order valence-electron chi connectivity index (χ4n) is 2.13. The Morgan fingerprint density at radius 2 is 2.17 bits per heavy atom. The molecule has 0 atom stereocenters. The average molecular weight is 337 g/mol. The number of aliphatic hydroxyl groups excluding tert-OH is 1. The molecule has 0 saturated heterocycles. The first-order valence-electron chi connectivity index (χ1n) is 7.37. The molecule has 6 nitrogen and oxygen atoms in total. The smallest absolute Gasteiger partial charge is 0.319 e. The van der Waals surface area contributed by atoms with Crippen molar-refractivity contribution in [3.8, 4) is 5.69 Å². The third kappa shape index (κ3) is 4.71. The summed E-state index contributed by atoms with van der Waals surface area (Å²) in [5.74, 6) is 0. The van der Waals surface area contributed by atoms with Crippen molar-refractivity contribution in [2.75, 3.05) is 18.5 Å². The predicted octanol–water partition coefficient (Wildman–Crippen LogP) is 3.06. The minimum atomic E-state index is -0.327. The highest BCUT2D eigenvalue weighted by molar-refractivity contribution is 6.33. The van der Waals surface area contributed by atoms with Gasteiger partial charge in [0.15, 0.2) is 0 Å². The number of anilines is 1. The van der Waals surface area contributed by atoms with E-state index in [1.165, 1.54) is 0 Å². The maximum Gasteiger partial charge on any atom is 0.319 e. The Kier molecular flexibility index (Phi) is 5.63. The van der Waals surface area contributed by atoms with Gasteiger partial charge in [0.25, 0.3) is 0 Å². The van der Waals surface area contributed by atoms with Crippen molar-refractivity contribution < 1.29 is 9.90 Å². The third-order valence-electron chi connectivity index (χ3n) is 3.48. The Morgan fingerprint density at radius 3 is 2.83 bits per heavy atom. The molecular weight excluding hydrogens is 316 g/mol. The number of carbonyl (C=O) groups excluding carboxylic acids is 1. The molecule has 1 aromatic carbocycles. The van der Waals surface area contributed by atoms with E-state index in [4.69, 9.17) is 16.7 Å². The van der Waals surface area contributed by atoms with Crippen LogP contribution in [0, 0.1) is 5.41 Å². The SMILES string of the molecule is CC(C)(CCO)CNC(=O)Nc1cccc(Cl)c1-n1cccn1. The summed E-state index contributed by atoms with van der Waals surface area (Å²) in [5.41, 5.74) is 1.01. The fourth-order valence-corrected chi connectivity index (χ4v) is 2.39. The molecular formula is C16H21ClN4O2. The molecule has 0 spiro atoms. The number of amides is 2. The minimum absolute atomic E-state index is 0.0913. The summed E-state index contributed by atoms with van der Waals surface area (Å²) < 4.78 is 1.60. The van der Waals surface area contributed by atoms with E-state index in [1.54, 1.807) is 41.3 Å². The lowest BCUT2D eigenvalue weighted by atomic mass is 9.90. The van der Waals surface area contributed by atoms with Gasteiger partial charge in [-0.1, -0.05) is 31.5 Å². The molecule has 0 radical (unpaired) electrons. The summed E-state index contributed by atoms with van der Waals surface area (Å²) in [6.45, 7) is 4.52. The van der Waals surface area contributed by atoms with Crippen molar-refractivity contribution in [1.29, 1.82) is 0 Å². The molecule has 1 heterocycles. The Bertz CT molecular complexity index is 656. The van der Waals surface area contributed by atoms with Gasteiger partial charge in [-0.05, 0) is 30.0 Å². The van der Waals surface area contributed by atoms with Crippen LogP contribution >= 0.6 is 11.6 Å². The maximum atomic E-state index is 12.1. The highest BCUT2D eigenvalue weighted by Gasteiger charge is 2.19. The lowest BCUT2D eigenvalue weighted by Crippen LogP contribution is -2.37. The largest absolute Gasteiger partial charge is 0.396 e. The number of halogens is 1. The normalized spacial score (nSPS) is 11.3. The number of benzene rings is 1. The van der Waals surface area contributed by atoms with Crippen LogP contribution in [-0.2, 0) is 0 Å². The Balaban J connectivity index is 2.09. The van der Waals surface area contributed by atoms with E-state index in [2.05, 4.69) is 15.7 Å². The van der Waals surface area contributed by atoms with Crippen LogP contribution in [0.2, 0.25) is 5.02 Å². The molecule has 0 aliphatic heterocycles. The number of para-hydroxylation sites is 1. The van der Waals surface area contributed by atoms with Crippen molar-refractivity contribution in [1.82, 2.24) is 15.1 Å². The fraction of sp³-hybridized carbons (Fsp3) is 0.375. The zero-order valence-corrected chi connectivity index (χ0v) is 14.0. The van der Waals surface area contributed by atoms with Gasteiger partial charge in [0, 0.05) is 25.5 Å². The van der Waals surface area contributed by atoms with Crippen LogP contribution in [0.25, 0.3) is 5.69 Å². The molecule has 2 aromatic rings. The minimum Gasteiger partial charge on any atom is -0.396 e. The van der Waals surface area contributed by atoms with Crippen molar-refractivity contribution in [2.24, 2.45) is 5.41 Å². The van der Waals surface area contributed by atoms with Crippen LogP contribution in [0.4, 0.5) is 10.5 Å². The van der Waals surface area contributed by atoms with Gasteiger partial charge in [-0.2, -0.15) is 5.10 Å². The van der Waals surface area contributed by atoms with E-state index >= 15 is 0 Å². The summed E-state index contributed by atoms with van der Waals surface area (Å²) in [5, 5.41) is 19.3. The molecule has 0 aliphatic carbocycles. The molecule has 0 bridgehead atoms. The quantitative estimate of drug-likeness (QED) is 0.758. The van der Waals surface area contributed by atoms with Crippen LogP contribution < -0.4 is 10.6 Å². The molecule has 2 rings (SSSR count). The third-order valence-corrected chi connectivity index (χ3v) is 3.79. The van der Waals surface area contributed by atoms with Gasteiger partial charge in [-0.15, -0.1) is 0 Å². The van der Waals surface area contributed by atoms with Crippen molar-refractivity contribution in [3.63, 3.8) is 0 Å². The highest BCUT2D eigenvalue weighted by atomic mass is 35.5. The van der Waals surface area contributed by atoms with E-state index in [-0.39, 0.29) is 18.1 Å². The second kappa shape index (κ2) is 7.48. The summed E-state index contributed by atoms with van der Waals surface area (Å²) >= 11 is 6.23. The number of nitrogens with zero attached hydrogens (tertiary/aromatic N) is 2. The van der Waals surface area contributed by atoms with Gasteiger partial charge in [-0.3, -0.25) is 0 Å². The number of urea groups is 1. The van der Waals surface area contributed by atoms with Gasteiger partial charge in [0.05, 0.1) is 10.7 Å². The molecule has 0 aliphatic rings. The lowest BCUT2D eigenvalue weighted by Gasteiger charge is -2.24. The Hall–Kier alpha value is -2.05. The van der Waals surface area contributed by atoms with E-state index in [0.29, 0.717) is 29.4 Å². The van der Waals surface area contributed by atoms with Crippen molar-refractivity contribution in [3.05, 3.63) is 41.7 Å². The van der Waals surface area contributed by atoms with Crippen LogP contribution in [0.15, 0.2) is 36.7 Å². The number of aromatic nitrogens is 2. The molecule has 23 heavy (non-hydrogen) atoms. The van der Waals surface area contributed by atoms with Gasteiger partial charge < -0.3 is 15.7 Å². The molecule has 7 heteroatoms. The van der Waals surface area contributed by atoms with Gasteiger partial charge in [-0.25, -0.2) is 9.48 Å². The zero-order valence-electron chi connectivity index (χ0n) is 13.2. The van der Waals surface area contributed by atoms with Crippen molar-refractivity contribution >= 4 is 23.3 Å². The number of hydrogen-bond acceptors (Lipinski definition) is 3. The Morgan fingerprint density at radius 1 is 1.39 bits per heavy atom. The molecule has 0 unspecified atom stereocenters. The number of hydrogen-bond donors (Lipinski definition) is 3. The molecule has 0 fully saturated rings. The molecule has 0 saturated carbocycles. The van der Waals surface area contributed by atoms with Crippen LogP contribution in [0.3, 0.4) is 0 Å². The van der Waals surface area contributed by atoms with Crippen LogP contribution in [0.1, 0.15) is 20.3 Å². The molecule has 124 valence electrons. The van der Waals surface area contributed by atoms with Crippen molar-refractivity contribution in [2.45, 2.75) is 20.3 Å². The topological polar surface area (TPSA) is 79.2 Å². The van der Waals surface area contributed by atoms with Crippen LogP contribution in [-0.4, -0.2) is 34.1 Å². The number of nitrogens with one attached hydrogen (secondary N) is 2. The number of rotatable bonds is 6. The molecule has 3 N–H and O–H groups in total. The summed E-state index contributed by atoms with van der Waals surface area (Å²) in [6, 6.07) is 6.73. The van der Waals surface area contributed by atoms with E-state index in [1.807, 2.05) is 13.8 Å². The maximum absolute atomic E-state index is 12.1. The Labute approximate surface area is 140 Å². The van der Waals surface area contributed by atoms with Gasteiger partial charge in [0.2, 0.25) is 0 Å². The second-order valence-corrected chi connectivity index (χ2v) is 6.44. The predicted molar refractivity (Wildman–Crippen MR) is 91.1 cm³/mol. The first-order chi connectivity index (χ1) is 10.9. The lowest BCUT2D eigenvalue weighted by molar-refractivity contribution is 0.204. The first-order valence-corrected chi connectivity index (χ1v) is 7.75. The molecule has 2 amide bonds. The van der Waals surface area contributed by atoms with E-state index in [0.717, 1.165) is 0 Å². The van der Waals surface area contributed by atoms with Gasteiger partial charge >= 0.3 is 6.03 Å². The molecule has 1 aromatic heterocycles. The number of carbonyl (C=O) groups is 1. The van der Waals surface area contributed by atoms with Gasteiger partial charge in [0.1, 0.15) is 5.69 Å².